The molecular formula is C16H24ClNO4. The number of ether oxygens (including phenoxy) is 2. The first kappa shape index (κ1) is 18.6. The van der Waals surface area contributed by atoms with Crippen LogP contribution in [0.4, 0.5) is 0 Å². The van der Waals surface area contributed by atoms with Gasteiger partial charge in [0.15, 0.2) is 11.5 Å². The highest BCUT2D eigenvalue weighted by atomic mass is 35.5. The minimum Gasteiger partial charge on any atom is -0.493 e. The van der Waals surface area contributed by atoms with Crippen molar-refractivity contribution in [3.8, 4) is 11.5 Å². The fourth-order valence-corrected chi connectivity index (χ4v) is 2.59. The topological polar surface area (TPSA) is 67.8 Å². The molecule has 1 atom stereocenters. The van der Waals surface area contributed by atoms with Crippen LogP contribution in [-0.4, -0.2) is 31.8 Å². The summed E-state index contributed by atoms with van der Waals surface area (Å²) in [4.78, 5) is 11.2. The fraction of sp³-hybridized carbons (Fsp3) is 0.562. The van der Waals surface area contributed by atoms with E-state index in [1.807, 2.05) is 19.9 Å². The minimum absolute atomic E-state index is 0.340. The highest BCUT2D eigenvalue weighted by molar-refractivity contribution is 6.33. The number of rotatable bonds is 9. The Hall–Kier alpha value is -1.46. The zero-order valence-corrected chi connectivity index (χ0v) is 14.2. The first-order valence-electron chi connectivity index (χ1n) is 7.23. The Morgan fingerprint density at radius 3 is 2.50 bits per heavy atom. The van der Waals surface area contributed by atoms with Gasteiger partial charge < -0.3 is 19.9 Å². The molecule has 5 nitrogen and oxygen atoms in total. The van der Waals surface area contributed by atoms with Gasteiger partial charge in [-0.05, 0) is 24.0 Å². The Morgan fingerprint density at radius 1 is 1.32 bits per heavy atom. The van der Waals surface area contributed by atoms with Gasteiger partial charge in [0.2, 0.25) is 0 Å². The molecule has 124 valence electrons. The molecular weight excluding hydrogens is 306 g/mol. The molecule has 0 aliphatic rings. The lowest BCUT2D eigenvalue weighted by Gasteiger charge is -2.17. The summed E-state index contributed by atoms with van der Waals surface area (Å²) in [5.74, 6) is 0.214. The van der Waals surface area contributed by atoms with E-state index in [0.717, 1.165) is 5.56 Å². The lowest BCUT2D eigenvalue weighted by atomic mass is 9.97. The van der Waals surface area contributed by atoms with Gasteiger partial charge in [0.05, 0.1) is 25.2 Å². The third-order valence-electron chi connectivity index (χ3n) is 3.38. The van der Waals surface area contributed by atoms with E-state index in [9.17, 15) is 9.90 Å². The summed E-state index contributed by atoms with van der Waals surface area (Å²) in [5, 5.41) is 12.9. The van der Waals surface area contributed by atoms with Crippen LogP contribution in [0.5, 0.6) is 11.5 Å². The van der Waals surface area contributed by atoms with Crippen LogP contribution in [0.2, 0.25) is 5.02 Å². The first-order chi connectivity index (χ1) is 10.4. The highest BCUT2D eigenvalue weighted by Crippen LogP contribution is 2.37. The predicted octanol–water partition coefficient (Wildman–Crippen LogP) is 3.19. The minimum atomic E-state index is -0.778. The molecule has 1 aromatic rings. The van der Waals surface area contributed by atoms with Crippen molar-refractivity contribution in [2.45, 2.75) is 26.8 Å². The second kappa shape index (κ2) is 8.86. The van der Waals surface area contributed by atoms with Crippen LogP contribution < -0.4 is 14.8 Å². The lowest BCUT2D eigenvalue weighted by molar-refractivity contribution is -0.142. The maximum Gasteiger partial charge on any atom is 0.307 e. The summed E-state index contributed by atoms with van der Waals surface area (Å²) < 4.78 is 10.4. The zero-order valence-electron chi connectivity index (χ0n) is 13.5. The van der Waals surface area contributed by atoms with Gasteiger partial charge in [0, 0.05) is 13.1 Å². The summed E-state index contributed by atoms with van der Waals surface area (Å²) in [6.45, 7) is 4.90. The summed E-state index contributed by atoms with van der Waals surface area (Å²) in [7, 11) is 3.08. The van der Waals surface area contributed by atoms with Crippen molar-refractivity contribution in [2.75, 3.05) is 20.8 Å². The molecule has 0 amide bonds. The number of halogens is 1. The van der Waals surface area contributed by atoms with Gasteiger partial charge in [-0.3, -0.25) is 4.79 Å². The Kier molecular flexibility index (Phi) is 7.48. The molecule has 6 heteroatoms. The second-order valence-electron chi connectivity index (χ2n) is 5.57. The molecule has 1 unspecified atom stereocenters. The third kappa shape index (κ3) is 5.07. The molecule has 0 fully saturated rings. The van der Waals surface area contributed by atoms with E-state index in [1.54, 1.807) is 13.2 Å². The zero-order chi connectivity index (χ0) is 16.7. The number of carboxylic acids is 1. The predicted molar refractivity (Wildman–Crippen MR) is 86.8 cm³/mol. The number of methoxy groups -OCH3 is 2. The van der Waals surface area contributed by atoms with Crippen LogP contribution in [0, 0.1) is 11.8 Å². The van der Waals surface area contributed by atoms with Crippen LogP contribution in [0.15, 0.2) is 12.1 Å². The molecule has 0 radical (unpaired) electrons. The summed E-state index contributed by atoms with van der Waals surface area (Å²) in [6, 6.07) is 3.62. The van der Waals surface area contributed by atoms with Gasteiger partial charge >= 0.3 is 5.97 Å². The van der Waals surface area contributed by atoms with Gasteiger partial charge in [-0.2, -0.15) is 0 Å². The number of nitrogens with one attached hydrogen (secondary N) is 1. The van der Waals surface area contributed by atoms with Crippen molar-refractivity contribution in [2.24, 2.45) is 11.8 Å². The largest absolute Gasteiger partial charge is 0.493 e. The first-order valence-corrected chi connectivity index (χ1v) is 7.61. The van der Waals surface area contributed by atoms with Crippen LogP contribution in [0.1, 0.15) is 25.8 Å². The Morgan fingerprint density at radius 2 is 2.00 bits per heavy atom. The van der Waals surface area contributed by atoms with Gasteiger partial charge in [-0.25, -0.2) is 0 Å². The number of hydrogen-bond acceptors (Lipinski definition) is 4. The van der Waals surface area contributed by atoms with E-state index in [0.29, 0.717) is 41.9 Å². The van der Waals surface area contributed by atoms with E-state index < -0.39 is 11.9 Å². The molecule has 22 heavy (non-hydrogen) atoms. The summed E-state index contributed by atoms with van der Waals surface area (Å²) >= 11 is 6.29. The van der Waals surface area contributed by atoms with Crippen LogP contribution in [-0.2, 0) is 11.3 Å². The van der Waals surface area contributed by atoms with Gasteiger partial charge in [0.1, 0.15) is 0 Å². The van der Waals surface area contributed by atoms with Crippen LogP contribution >= 0.6 is 11.6 Å². The monoisotopic (exact) mass is 329 g/mol. The number of benzene rings is 1. The Bertz CT molecular complexity index is 505. The number of aliphatic carboxylic acids is 1. The molecule has 0 aromatic heterocycles. The Labute approximate surface area is 136 Å². The average Bonchev–Trinajstić information content (AvgIpc) is 2.46. The highest BCUT2D eigenvalue weighted by Gasteiger charge is 2.19. The molecule has 0 saturated heterocycles. The second-order valence-corrected chi connectivity index (χ2v) is 5.95. The van der Waals surface area contributed by atoms with E-state index in [2.05, 4.69) is 5.32 Å². The van der Waals surface area contributed by atoms with Gasteiger partial charge in [0.25, 0.3) is 0 Å². The lowest BCUT2D eigenvalue weighted by Crippen LogP contribution is -2.29. The van der Waals surface area contributed by atoms with Crippen molar-refractivity contribution in [1.29, 1.82) is 0 Å². The molecule has 0 saturated carbocycles. The van der Waals surface area contributed by atoms with Crippen molar-refractivity contribution in [3.63, 3.8) is 0 Å². The van der Waals surface area contributed by atoms with Crippen molar-refractivity contribution in [3.05, 3.63) is 22.7 Å². The van der Waals surface area contributed by atoms with Gasteiger partial charge in [-0.1, -0.05) is 31.5 Å². The fourth-order valence-electron chi connectivity index (χ4n) is 2.29. The maximum absolute atomic E-state index is 11.2. The molecule has 0 spiro atoms. The van der Waals surface area contributed by atoms with Crippen molar-refractivity contribution in [1.82, 2.24) is 5.32 Å². The van der Waals surface area contributed by atoms with E-state index in [-0.39, 0.29) is 0 Å². The molecule has 0 aliphatic carbocycles. The SMILES string of the molecule is COc1ccc(CNCC(CC(C)C)C(=O)O)c(Cl)c1OC. The van der Waals surface area contributed by atoms with Crippen molar-refractivity contribution >= 4 is 17.6 Å². The quantitative estimate of drug-likeness (QED) is 0.728. The number of carbonyl (C=O) groups is 1. The van der Waals surface area contributed by atoms with E-state index in [1.165, 1.54) is 7.11 Å². The summed E-state index contributed by atoms with van der Waals surface area (Å²) in [5.41, 5.74) is 0.841. The standard InChI is InChI=1S/C16H24ClNO4/c1-10(2)7-12(16(19)20)9-18-8-11-5-6-13(21-3)15(22-4)14(11)17/h5-6,10,12,18H,7-9H2,1-4H3,(H,19,20). The third-order valence-corrected chi connectivity index (χ3v) is 3.79. The molecule has 2 N–H and O–H groups in total. The molecule has 1 aromatic carbocycles. The van der Waals surface area contributed by atoms with Gasteiger partial charge in [-0.15, -0.1) is 0 Å². The molecule has 1 rings (SSSR count). The van der Waals surface area contributed by atoms with Crippen molar-refractivity contribution < 1.29 is 19.4 Å². The normalized spacial score (nSPS) is 12.3. The van der Waals surface area contributed by atoms with E-state index >= 15 is 0 Å². The number of carboxylic acid groups (broad SMARTS) is 1. The molecule has 0 aliphatic heterocycles. The maximum atomic E-state index is 11.2. The summed E-state index contributed by atoms with van der Waals surface area (Å²) in [6.07, 6.45) is 0.641. The number of hydrogen-bond donors (Lipinski definition) is 2. The average molecular weight is 330 g/mol. The van der Waals surface area contributed by atoms with E-state index in [4.69, 9.17) is 21.1 Å². The Balaban J connectivity index is 2.70. The molecule has 0 heterocycles. The van der Waals surface area contributed by atoms with Crippen LogP contribution in [0.25, 0.3) is 0 Å². The van der Waals surface area contributed by atoms with Crippen LogP contribution in [0.3, 0.4) is 0 Å². The molecule has 0 bridgehead atoms. The smallest absolute Gasteiger partial charge is 0.307 e.